The maximum absolute atomic E-state index is 5.96. The van der Waals surface area contributed by atoms with Crippen molar-refractivity contribution >= 4 is 22.8 Å². The summed E-state index contributed by atoms with van der Waals surface area (Å²) in [6.45, 7) is 4.04. The maximum Gasteiger partial charge on any atom is 0.178 e. The van der Waals surface area contributed by atoms with Gasteiger partial charge in [-0.15, -0.1) is 0 Å². The van der Waals surface area contributed by atoms with Crippen LogP contribution in [0.5, 0.6) is 0 Å². The molecular formula is C14H12ClN3. The number of benzene rings is 1. The molecule has 90 valence electrons. The summed E-state index contributed by atoms with van der Waals surface area (Å²) in [5.41, 5.74) is 4.96. The minimum Gasteiger partial charge on any atom is -0.337 e. The molecule has 3 aromatic rings. The van der Waals surface area contributed by atoms with Gasteiger partial charge in [0.2, 0.25) is 0 Å². The van der Waals surface area contributed by atoms with E-state index in [1.54, 1.807) is 0 Å². The van der Waals surface area contributed by atoms with Gasteiger partial charge < -0.3 is 4.98 Å². The van der Waals surface area contributed by atoms with Gasteiger partial charge >= 0.3 is 0 Å². The van der Waals surface area contributed by atoms with Crippen molar-refractivity contribution in [2.45, 2.75) is 13.8 Å². The molecule has 0 spiro atoms. The first-order chi connectivity index (χ1) is 8.63. The van der Waals surface area contributed by atoms with E-state index >= 15 is 0 Å². The zero-order valence-corrected chi connectivity index (χ0v) is 10.9. The molecule has 0 saturated heterocycles. The van der Waals surface area contributed by atoms with E-state index in [1.165, 1.54) is 0 Å². The van der Waals surface area contributed by atoms with Crippen LogP contribution < -0.4 is 0 Å². The normalized spacial score (nSPS) is 11.1. The molecule has 1 N–H and O–H groups in total. The number of aromatic amines is 1. The van der Waals surface area contributed by atoms with Crippen LogP contribution in [0, 0.1) is 13.8 Å². The maximum atomic E-state index is 5.96. The van der Waals surface area contributed by atoms with Crippen molar-refractivity contribution in [1.29, 1.82) is 0 Å². The van der Waals surface area contributed by atoms with Crippen LogP contribution in [0.4, 0.5) is 0 Å². The summed E-state index contributed by atoms with van der Waals surface area (Å²) in [4.78, 5) is 12.1. The smallest absolute Gasteiger partial charge is 0.178 e. The third-order valence-corrected chi connectivity index (χ3v) is 3.15. The summed E-state index contributed by atoms with van der Waals surface area (Å²) in [6, 6.07) is 7.82. The summed E-state index contributed by atoms with van der Waals surface area (Å²) in [5, 5.41) is 0.737. The van der Waals surface area contributed by atoms with E-state index in [2.05, 4.69) is 15.0 Å². The fourth-order valence-corrected chi connectivity index (χ4v) is 2.25. The van der Waals surface area contributed by atoms with Crippen molar-refractivity contribution in [3.8, 4) is 11.4 Å². The summed E-state index contributed by atoms with van der Waals surface area (Å²) < 4.78 is 0. The zero-order valence-electron chi connectivity index (χ0n) is 10.2. The number of hydrogen-bond donors (Lipinski definition) is 1. The van der Waals surface area contributed by atoms with Crippen LogP contribution in [0.15, 0.2) is 30.5 Å². The number of halogens is 1. The van der Waals surface area contributed by atoms with Crippen molar-refractivity contribution in [3.63, 3.8) is 0 Å². The molecule has 0 radical (unpaired) electrons. The largest absolute Gasteiger partial charge is 0.337 e. The fourth-order valence-electron chi connectivity index (χ4n) is 2.02. The first-order valence-electron chi connectivity index (χ1n) is 5.72. The number of imidazole rings is 1. The van der Waals surface area contributed by atoms with Crippen LogP contribution >= 0.6 is 11.6 Å². The lowest BCUT2D eigenvalue weighted by atomic mass is 10.1. The number of aromatic nitrogens is 3. The Bertz CT molecular complexity index is 731. The first-order valence-corrected chi connectivity index (χ1v) is 6.10. The van der Waals surface area contributed by atoms with E-state index in [0.29, 0.717) is 0 Å². The van der Waals surface area contributed by atoms with E-state index in [1.807, 2.05) is 44.3 Å². The van der Waals surface area contributed by atoms with E-state index in [9.17, 15) is 0 Å². The molecule has 0 saturated carbocycles. The van der Waals surface area contributed by atoms with Crippen molar-refractivity contribution in [2.24, 2.45) is 0 Å². The van der Waals surface area contributed by atoms with Crippen molar-refractivity contribution < 1.29 is 0 Å². The van der Waals surface area contributed by atoms with Crippen LogP contribution in [0.1, 0.15) is 11.1 Å². The number of fused-ring (bicyclic) bond motifs is 1. The van der Waals surface area contributed by atoms with Gasteiger partial charge in [-0.05, 0) is 49.2 Å². The van der Waals surface area contributed by atoms with Gasteiger partial charge in [0.05, 0.1) is 5.52 Å². The van der Waals surface area contributed by atoms with Crippen LogP contribution in [0.3, 0.4) is 0 Å². The average molecular weight is 258 g/mol. The molecule has 0 unspecified atom stereocenters. The number of nitrogens with zero attached hydrogens (tertiary/aromatic N) is 2. The molecular weight excluding hydrogens is 246 g/mol. The van der Waals surface area contributed by atoms with Crippen molar-refractivity contribution in [3.05, 3.63) is 46.6 Å². The molecule has 0 bridgehead atoms. The van der Waals surface area contributed by atoms with Gasteiger partial charge in [-0.3, -0.25) is 0 Å². The molecule has 4 heteroatoms. The third kappa shape index (κ3) is 1.87. The number of rotatable bonds is 1. The van der Waals surface area contributed by atoms with E-state index < -0.39 is 0 Å². The average Bonchev–Trinajstić information content (AvgIpc) is 2.71. The van der Waals surface area contributed by atoms with Crippen molar-refractivity contribution in [1.82, 2.24) is 15.0 Å². The fraction of sp³-hybridized carbons (Fsp3) is 0.143. The second-order valence-corrected chi connectivity index (χ2v) is 4.86. The van der Waals surface area contributed by atoms with Gasteiger partial charge in [0.1, 0.15) is 5.82 Å². The second kappa shape index (κ2) is 4.10. The number of H-pyrrole nitrogens is 1. The predicted molar refractivity (Wildman–Crippen MR) is 73.8 cm³/mol. The Morgan fingerprint density at radius 1 is 1.17 bits per heavy atom. The molecule has 1 aromatic carbocycles. The van der Waals surface area contributed by atoms with Gasteiger partial charge in [-0.2, -0.15) is 0 Å². The standard InChI is InChI=1S/C14H12ClN3/c1-8-5-12-14(16-7-8)18-13(17-12)11-4-3-10(15)6-9(11)2/h3-7H,1-2H3,(H,16,17,18). The Morgan fingerprint density at radius 2 is 2.00 bits per heavy atom. The SMILES string of the molecule is Cc1cnc2nc(-c3ccc(Cl)cc3C)[nH]c2c1. The Hall–Kier alpha value is -1.87. The van der Waals surface area contributed by atoms with Crippen LogP contribution in [0.25, 0.3) is 22.6 Å². The summed E-state index contributed by atoms with van der Waals surface area (Å²) in [6.07, 6.45) is 1.82. The molecule has 0 aliphatic heterocycles. The molecule has 2 aromatic heterocycles. The van der Waals surface area contributed by atoms with Gasteiger partial charge in [0, 0.05) is 16.8 Å². The number of pyridine rings is 1. The van der Waals surface area contributed by atoms with Gasteiger partial charge in [-0.25, -0.2) is 9.97 Å². The monoisotopic (exact) mass is 257 g/mol. The Balaban J connectivity index is 2.19. The first kappa shape index (κ1) is 11.2. The quantitative estimate of drug-likeness (QED) is 0.718. The lowest BCUT2D eigenvalue weighted by molar-refractivity contribution is 1.27. The van der Waals surface area contributed by atoms with Crippen LogP contribution in [-0.2, 0) is 0 Å². The highest BCUT2D eigenvalue weighted by Crippen LogP contribution is 2.25. The molecule has 0 aliphatic rings. The molecule has 18 heavy (non-hydrogen) atoms. The highest BCUT2D eigenvalue weighted by Gasteiger charge is 2.08. The van der Waals surface area contributed by atoms with Crippen molar-refractivity contribution in [2.75, 3.05) is 0 Å². The van der Waals surface area contributed by atoms with Gasteiger partial charge in [-0.1, -0.05) is 11.6 Å². The molecule has 0 atom stereocenters. The molecule has 3 nitrogen and oxygen atoms in total. The van der Waals surface area contributed by atoms with E-state index in [4.69, 9.17) is 11.6 Å². The second-order valence-electron chi connectivity index (χ2n) is 4.43. The lowest BCUT2D eigenvalue weighted by Crippen LogP contribution is -1.85. The number of hydrogen-bond acceptors (Lipinski definition) is 2. The number of nitrogens with one attached hydrogen (secondary N) is 1. The topological polar surface area (TPSA) is 41.6 Å². The summed E-state index contributed by atoms with van der Waals surface area (Å²) in [7, 11) is 0. The Kier molecular flexibility index (Phi) is 2.56. The van der Waals surface area contributed by atoms with Crippen LogP contribution in [-0.4, -0.2) is 15.0 Å². The van der Waals surface area contributed by atoms with E-state index in [0.717, 1.165) is 38.7 Å². The summed E-state index contributed by atoms with van der Waals surface area (Å²) in [5.74, 6) is 0.831. The minimum absolute atomic E-state index is 0.737. The highest BCUT2D eigenvalue weighted by atomic mass is 35.5. The van der Waals surface area contributed by atoms with Gasteiger partial charge in [0.15, 0.2) is 5.65 Å². The lowest BCUT2D eigenvalue weighted by Gasteiger charge is -2.02. The van der Waals surface area contributed by atoms with E-state index in [-0.39, 0.29) is 0 Å². The molecule has 0 aliphatic carbocycles. The van der Waals surface area contributed by atoms with Crippen LogP contribution in [0.2, 0.25) is 5.02 Å². The zero-order chi connectivity index (χ0) is 12.7. The third-order valence-electron chi connectivity index (χ3n) is 2.92. The molecule has 3 rings (SSSR count). The highest BCUT2D eigenvalue weighted by molar-refractivity contribution is 6.30. The molecule has 2 heterocycles. The van der Waals surface area contributed by atoms with Gasteiger partial charge in [0.25, 0.3) is 0 Å². The number of aryl methyl sites for hydroxylation is 2. The molecule has 0 fully saturated rings. The summed E-state index contributed by atoms with van der Waals surface area (Å²) >= 11 is 5.96. The predicted octanol–water partition coefficient (Wildman–Crippen LogP) is 3.90. The molecule has 0 amide bonds. The minimum atomic E-state index is 0.737. The Morgan fingerprint density at radius 3 is 2.78 bits per heavy atom. The Labute approximate surface area is 110 Å².